The molecule has 2 unspecified atom stereocenters. The first-order valence-electron chi connectivity index (χ1n) is 10.5. The Labute approximate surface area is 155 Å². The summed E-state index contributed by atoms with van der Waals surface area (Å²) in [5, 5.41) is 0. The Morgan fingerprint density at radius 1 is 1.12 bits per heavy atom. The zero-order valence-corrected chi connectivity index (χ0v) is 16.9. The van der Waals surface area contributed by atoms with Gasteiger partial charge in [-0.1, -0.05) is 64.5 Å². The zero-order chi connectivity index (χ0) is 18.1. The fraction of sp³-hybridized carbons (Fsp3) is 0.739. The second kappa shape index (κ2) is 10.9. The molecule has 2 nitrogen and oxygen atoms in total. The van der Waals surface area contributed by atoms with Crippen molar-refractivity contribution in [3.05, 3.63) is 29.3 Å². The Kier molecular flexibility index (Phi) is 8.81. The lowest BCUT2D eigenvalue weighted by atomic mass is 9.87. The van der Waals surface area contributed by atoms with Gasteiger partial charge in [-0.25, -0.2) is 0 Å². The number of hydrogen-bond donors (Lipinski definition) is 0. The summed E-state index contributed by atoms with van der Waals surface area (Å²) in [6.07, 6.45) is 11.7. The molecule has 1 aromatic carbocycles. The Hall–Kier alpha value is -1.02. The molecular weight excluding hydrogens is 308 g/mol. The Morgan fingerprint density at radius 2 is 1.88 bits per heavy atom. The molecule has 0 amide bonds. The fourth-order valence-corrected chi connectivity index (χ4v) is 4.10. The average Bonchev–Trinajstić information content (AvgIpc) is 2.62. The van der Waals surface area contributed by atoms with E-state index in [2.05, 4.69) is 39.0 Å². The highest BCUT2D eigenvalue weighted by Crippen LogP contribution is 2.30. The minimum atomic E-state index is -0.175. The largest absolute Gasteiger partial charge is 0.465 e. The molecule has 0 radical (unpaired) electrons. The lowest BCUT2D eigenvalue weighted by molar-refractivity contribution is -0.0714. The molecule has 0 aromatic heterocycles. The van der Waals surface area contributed by atoms with E-state index in [0.29, 0.717) is 5.92 Å². The van der Waals surface area contributed by atoms with E-state index in [-0.39, 0.29) is 6.29 Å². The summed E-state index contributed by atoms with van der Waals surface area (Å²) in [7, 11) is 0. The van der Waals surface area contributed by atoms with E-state index in [1.165, 1.54) is 68.9 Å². The van der Waals surface area contributed by atoms with Crippen LogP contribution in [0.25, 0.3) is 0 Å². The highest BCUT2D eigenvalue weighted by molar-refractivity contribution is 5.37. The predicted molar refractivity (Wildman–Crippen MR) is 106 cm³/mol. The quantitative estimate of drug-likeness (QED) is 0.425. The topological polar surface area (TPSA) is 18.5 Å². The minimum Gasteiger partial charge on any atom is -0.465 e. The molecule has 142 valence electrons. The van der Waals surface area contributed by atoms with Gasteiger partial charge in [-0.05, 0) is 62.1 Å². The minimum absolute atomic E-state index is 0.175. The lowest BCUT2D eigenvalue weighted by Crippen LogP contribution is -2.19. The molecule has 0 heterocycles. The van der Waals surface area contributed by atoms with Gasteiger partial charge in [0.2, 0.25) is 0 Å². The number of rotatable bonds is 10. The van der Waals surface area contributed by atoms with Gasteiger partial charge in [0.25, 0.3) is 0 Å². The normalized spacial score (nSPS) is 18.1. The summed E-state index contributed by atoms with van der Waals surface area (Å²) in [6, 6.07) is 6.67. The van der Waals surface area contributed by atoms with Gasteiger partial charge in [0.1, 0.15) is 5.75 Å². The van der Waals surface area contributed by atoms with Gasteiger partial charge in [0, 0.05) is 0 Å². The molecule has 0 N–H and O–H groups in total. The van der Waals surface area contributed by atoms with Crippen LogP contribution in [0.15, 0.2) is 18.2 Å². The smallest absolute Gasteiger partial charge is 0.196 e. The average molecular weight is 347 g/mol. The van der Waals surface area contributed by atoms with Crippen molar-refractivity contribution < 1.29 is 9.47 Å². The molecule has 2 rings (SSSR count). The first-order valence-corrected chi connectivity index (χ1v) is 10.5. The first kappa shape index (κ1) is 20.3. The van der Waals surface area contributed by atoms with Crippen molar-refractivity contribution in [2.24, 2.45) is 5.92 Å². The molecular formula is C23H38O2. The lowest BCUT2D eigenvalue weighted by Gasteiger charge is -2.23. The van der Waals surface area contributed by atoms with E-state index in [9.17, 15) is 0 Å². The van der Waals surface area contributed by atoms with Crippen molar-refractivity contribution in [2.45, 2.75) is 97.7 Å². The zero-order valence-electron chi connectivity index (χ0n) is 16.9. The van der Waals surface area contributed by atoms with Crippen molar-refractivity contribution in [1.82, 2.24) is 0 Å². The van der Waals surface area contributed by atoms with Gasteiger partial charge < -0.3 is 9.47 Å². The fourth-order valence-electron chi connectivity index (χ4n) is 4.10. The third kappa shape index (κ3) is 6.66. The van der Waals surface area contributed by atoms with Crippen LogP contribution in [0.2, 0.25) is 0 Å². The van der Waals surface area contributed by atoms with E-state index < -0.39 is 0 Å². The van der Waals surface area contributed by atoms with E-state index in [0.717, 1.165) is 18.3 Å². The molecule has 25 heavy (non-hydrogen) atoms. The maximum absolute atomic E-state index is 6.04. The summed E-state index contributed by atoms with van der Waals surface area (Å²) in [4.78, 5) is 0. The van der Waals surface area contributed by atoms with E-state index in [1.54, 1.807) is 0 Å². The van der Waals surface area contributed by atoms with Gasteiger partial charge >= 0.3 is 0 Å². The van der Waals surface area contributed by atoms with E-state index >= 15 is 0 Å². The van der Waals surface area contributed by atoms with Crippen molar-refractivity contribution in [2.75, 3.05) is 6.61 Å². The van der Waals surface area contributed by atoms with E-state index in [4.69, 9.17) is 9.47 Å². The third-order valence-electron chi connectivity index (χ3n) is 5.70. The van der Waals surface area contributed by atoms with Gasteiger partial charge in [0.05, 0.1) is 6.61 Å². The molecule has 2 heteroatoms. The Bertz CT molecular complexity index is 491. The molecule has 0 saturated heterocycles. The van der Waals surface area contributed by atoms with Crippen LogP contribution in [0.1, 0.15) is 95.6 Å². The molecule has 0 spiro atoms. The predicted octanol–water partition coefficient (Wildman–Crippen LogP) is 7.00. The summed E-state index contributed by atoms with van der Waals surface area (Å²) in [6.45, 7) is 9.52. The maximum Gasteiger partial charge on any atom is 0.196 e. The molecule has 1 saturated carbocycles. The van der Waals surface area contributed by atoms with Gasteiger partial charge in [0.15, 0.2) is 6.29 Å². The molecule has 1 aliphatic rings. The molecule has 1 aliphatic carbocycles. The molecule has 1 fully saturated rings. The third-order valence-corrected chi connectivity index (χ3v) is 5.70. The Morgan fingerprint density at radius 3 is 2.52 bits per heavy atom. The number of ether oxygens (including phenoxy) is 2. The summed E-state index contributed by atoms with van der Waals surface area (Å²) in [5.41, 5.74) is 2.66. The van der Waals surface area contributed by atoms with Crippen molar-refractivity contribution >= 4 is 0 Å². The molecule has 2 atom stereocenters. The Balaban J connectivity index is 1.80. The molecule has 1 aromatic rings. The van der Waals surface area contributed by atoms with Crippen LogP contribution in [0, 0.1) is 12.8 Å². The van der Waals surface area contributed by atoms with Crippen LogP contribution < -0.4 is 4.74 Å². The summed E-state index contributed by atoms with van der Waals surface area (Å²) < 4.78 is 12.0. The number of aryl methyl sites for hydroxylation is 1. The first-order chi connectivity index (χ1) is 12.1. The second-order valence-electron chi connectivity index (χ2n) is 7.77. The maximum atomic E-state index is 6.04. The van der Waals surface area contributed by atoms with Gasteiger partial charge in [-0.3, -0.25) is 0 Å². The van der Waals surface area contributed by atoms with Crippen LogP contribution in [0.4, 0.5) is 0 Å². The number of hydrogen-bond acceptors (Lipinski definition) is 2. The van der Waals surface area contributed by atoms with Crippen LogP contribution >= 0.6 is 0 Å². The van der Waals surface area contributed by atoms with Crippen LogP contribution in [0.5, 0.6) is 5.75 Å². The van der Waals surface area contributed by atoms with E-state index in [1.807, 2.05) is 6.92 Å². The van der Waals surface area contributed by atoms with Crippen molar-refractivity contribution in [3.8, 4) is 5.75 Å². The van der Waals surface area contributed by atoms with Crippen LogP contribution in [0.3, 0.4) is 0 Å². The SMILES string of the molecule is CCCC(CC)c1ccc(OC(C)OCCC2CCCCC2)c(C)c1. The molecule has 0 aliphatic heterocycles. The second-order valence-corrected chi connectivity index (χ2v) is 7.77. The molecule has 0 bridgehead atoms. The van der Waals surface area contributed by atoms with Crippen molar-refractivity contribution in [3.63, 3.8) is 0 Å². The van der Waals surface area contributed by atoms with Gasteiger partial charge in [-0.2, -0.15) is 0 Å². The summed E-state index contributed by atoms with van der Waals surface area (Å²) in [5.74, 6) is 2.49. The highest BCUT2D eigenvalue weighted by Gasteiger charge is 2.15. The van der Waals surface area contributed by atoms with Crippen LogP contribution in [-0.2, 0) is 4.74 Å². The van der Waals surface area contributed by atoms with Crippen molar-refractivity contribution in [1.29, 1.82) is 0 Å². The summed E-state index contributed by atoms with van der Waals surface area (Å²) >= 11 is 0. The van der Waals surface area contributed by atoms with Gasteiger partial charge in [-0.15, -0.1) is 0 Å². The highest BCUT2D eigenvalue weighted by atomic mass is 16.7. The monoisotopic (exact) mass is 346 g/mol. The van der Waals surface area contributed by atoms with Crippen LogP contribution in [-0.4, -0.2) is 12.9 Å². The standard InChI is InChI=1S/C23H38O2/c1-5-10-21(6-2)22-13-14-23(18(3)17-22)25-19(4)24-16-15-20-11-8-7-9-12-20/h13-14,17,19-21H,5-12,15-16H2,1-4H3. The number of benzene rings is 1.